The average molecular weight is 251 g/mol. The van der Waals surface area contributed by atoms with Crippen molar-refractivity contribution in [2.24, 2.45) is 11.8 Å². The Labute approximate surface area is 112 Å². The molecule has 0 aromatic carbocycles. The van der Waals surface area contributed by atoms with Gasteiger partial charge >= 0.3 is 0 Å². The summed E-state index contributed by atoms with van der Waals surface area (Å²) in [7, 11) is 0. The molecular weight excluding hydrogens is 222 g/mol. The van der Waals surface area contributed by atoms with Crippen LogP contribution in [0.25, 0.3) is 0 Å². The van der Waals surface area contributed by atoms with E-state index in [2.05, 4.69) is 55.7 Å². The molecule has 1 aromatic heterocycles. The molecular formula is C15H29N3. The summed E-state index contributed by atoms with van der Waals surface area (Å²) in [6.45, 7) is 12.3. The first-order valence-corrected chi connectivity index (χ1v) is 7.26. The van der Waals surface area contributed by atoms with Crippen LogP contribution in [0.4, 0.5) is 5.95 Å². The number of imidazole rings is 1. The fourth-order valence-electron chi connectivity index (χ4n) is 2.11. The monoisotopic (exact) mass is 251 g/mol. The topological polar surface area (TPSA) is 29.9 Å². The van der Waals surface area contributed by atoms with Crippen molar-refractivity contribution in [2.45, 2.75) is 66.5 Å². The van der Waals surface area contributed by atoms with Crippen molar-refractivity contribution < 1.29 is 0 Å². The van der Waals surface area contributed by atoms with Crippen LogP contribution in [0, 0.1) is 11.8 Å². The summed E-state index contributed by atoms with van der Waals surface area (Å²) in [6.07, 6.45) is 7.75. The SMILES string of the molecule is CC(C)CCCC(C)Nc1nccn1CC(C)C. The van der Waals surface area contributed by atoms with Gasteiger partial charge in [-0.15, -0.1) is 0 Å². The Morgan fingerprint density at radius 1 is 1.11 bits per heavy atom. The summed E-state index contributed by atoms with van der Waals surface area (Å²) in [5, 5.41) is 3.52. The van der Waals surface area contributed by atoms with Crippen LogP contribution in [-0.2, 0) is 6.54 Å². The summed E-state index contributed by atoms with van der Waals surface area (Å²) in [6, 6.07) is 0.497. The van der Waals surface area contributed by atoms with E-state index in [0.717, 1.165) is 18.4 Å². The van der Waals surface area contributed by atoms with Gasteiger partial charge < -0.3 is 9.88 Å². The van der Waals surface area contributed by atoms with Crippen molar-refractivity contribution in [1.82, 2.24) is 9.55 Å². The van der Waals surface area contributed by atoms with Gasteiger partial charge in [-0.1, -0.05) is 40.5 Å². The van der Waals surface area contributed by atoms with Crippen molar-refractivity contribution >= 4 is 5.95 Å². The van der Waals surface area contributed by atoms with Gasteiger partial charge in [0.25, 0.3) is 0 Å². The molecule has 0 amide bonds. The van der Waals surface area contributed by atoms with Gasteiger partial charge in [0, 0.05) is 25.0 Å². The van der Waals surface area contributed by atoms with E-state index >= 15 is 0 Å². The Bertz CT molecular complexity index is 328. The highest BCUT2D eigenvalue weighted by Gasteiger charge is 2.08. The number of anilines is 1. The highest BCUT2D eigenvalue weighted by molar-refractivity contribution is 5.27. The van der Waals surface area contributed by atoms with Gasteiger partial charge in [0.2, 0.25) is 5.95 Å². The number of nitrogens with one attached hydrogen (secondary N) is 1. The van der Waals surface area contributed by atoms with Gasteiger partial charge in [-0.2, -0.15) is 0 Å². The van der Waals surface area contributed by atoms with Gasteiger partial charge in [0.15, 0.2) is 0 Å². The molecule has 0 aliphatic rings. The molecule has 104 valence electrons. The lowest BCUT2D eigenvalue weighted by atomic mass is 10.0. The third kappa shape index (κ3) is 5.56. The zero-order valence-electron chi connectivity index (χ0n) is 12.6. The molecule has 18 heavy (non-hydrogen) atoms. The van der Waals surface area contributed by atoms with Crippen molar-refractivity contribution in [3.05, 3.63) is 12.4 Å². The fourth-order valence-corrected chi connectivity index (χ4v) is 2.11. The summed E-state index contributed by atoms with van der Waals surface area (Å²) in [4.78, 5) is 4.40. The molecule has 0 radical (unpaired) electrons. The summed E-state index contributed by atoms with van der Waals surface area (Å²) >= 11 is 0. The highest BCUT2D eigenvalue weighted by atomic mass is 15.2. The van der Waals surface area contributed by atoms with E-state index in [1.807, 2.05) is 6.20 Å². The first-order chi connectivity index (χ1) is 8.49. The van der Waals surface area contributed by atoms with Crippen molar-refractivity contribution in [3.8, 4) is 0 Å². The van der Waals surface area contributed by atoms with Gasteiger partial charge in [0.05, 0.1) is 0 Å². The Morgan fingerprint density at radius 3 is 2.44 bits per heavy atom. The standard InChI is InChI=1S/C15H29N3/c1-12(2)7-6-8-14(5)17-15-16-9-10-18(15)11-13(3)4/h9-10,12-14H,6-8,11H2,1-5H3,(H,16,17). The lowest BCUT2D eigenvalue weighted by Crippen LogP contribution is -2.19. The molecule has 0 aliphatic heterocycles. The Morgan fingerprint density at radius 2 is 1.83 bits per heavy atom. The second kappa shape index (κ2) is 7.45. The van der Waals surface area contributed by atoms with Crippen molar-refractivity contribution in [1.29, 1.82) is 0 Å². The second-order valence-electron chi connectivity index (χ2n) is 6.17. The molecule has 1 heterocycles. The smallest absolute Gasteiger partial charge is 0.202 e. The lowest BCUT2D eigenvalue weighted by Gasteiger charge is -2.17. The van der Waals surface area contributed by atoms with Crippen LogP contribution in [0.3, 0.4) is 0 Å². The Kier molecular flexibility index (Phi) is 6.23. The van der Waals surface area contributed by atoms with Gasteiger partial charge in [-0.3, -0.25) is 0 Å². The normalized spacial score (nSPS) is 13.3. The average Bonchev–Trinajstić information content (AvgIpc) is 2.64. The van der Waals surface area contributed by atoms with Gasteiger partial charge in [-0.25, -0.2) is 4.98 Å². The zero-order chi connectivity index (χ0) is 13.5. The summed E-state index contributed by atoms with van der Waals surface area (Å²) in [5.74, 6) is 2.47. The highest BCUT2D eigenvalue weighted by Crippen LogP contribution is 2.13. The predicted octanol–water partition coefficient (Wildman–Crippen LogP) is 4.17. The second-order valence-corrected chi connectivity index (χ2v) is 6.17. The minimum atomic E-state index is 0.497. The molecule has 0 saturated carbocycles. The number of rotatable bonds is 8. The van der Waals surface area contributed by atoms with E-state index in [1.165, 1.54) is 19.3 Å². The first-order valence-electron chi connectivity index (χ1n) is 7.26. The molecule has 1 rings (SSSR count). The summed E-state index contributed by atoms with van der Waals surface area (Å²) in [5.41, 5.74) is 0. The van der Waals surface area contributed by atoms with Crippen LogP contribution in [0.2, 0.25) is 0 Å². The Balaban J connectivity index is 2.39. The molecule has 0 bridgehead atoms. The zero-order valence-corrected chi connectivity index (χ0v) is 12.6. The quantitative estimate of drug-likeness (QED) is 0.751. The number of hydrogen-bond donors (Lipinski definition) is 1. The van der Waals surface area contributed by atoms with Crippen molar-refractivity contribution in [3.63, 3.8) is 0 Å². The molecule has 3 heteroatoms. The van der Waals surface area contributed by atoms with Crippen LogP contribution in [0.15, 0.2) is 12.4 Å². The van der Waals surface area contributed by atoms with Crippen LogP contribution < -0.4 is 5.32 Å². The van der Waals surface area contributed by atoms with Crippen LogP contribution in [-0.4, -0.2) is 15.6 Å². The maximum atomic E-state index is 4.40. The molecule has 1 aromatic rings. The van der Waals surface area contributed by atoms with Gasteiger partial charge in [0.1, 0.15) is 0 Å². The van der Waals surface area contributed by atoms with E-state index in [9.17, 15) is 0 Å². The maximum Gasteiger partial charge on any atom is 0.202 e. The lowest BCUT2D eigenvalue weighted by molar-refractivity contribution is 0.508. The number of aromatic nitrogens is 2. The molecule has 0 aliphatic carbocycles. The molecule has 3 nitrogen and oxygen atoms in total. The number of hydrogen-bond acceptors (Lipinski definition) is 2. The third-order valence-corrected chi connectivity index (χ3v) is 3.07. The van der Waals surface area contributed by atoms with Crippen LogP contribution in [0.1, 0.15) is 53.9 Å². The molecule has 0 saturated heterocycles. The van der Waals surface area contributed by atoms with E-state index in [-0.39, 0.29) is 0 Å². The third-order valence-electron chi connectivity index (χ3n) is 3.07. The minimum absolute atomic E-state index is 0.497. The first kappa shape index (κ1) is 15.1. The molecule has 0 fully saturated rings. The molecule has 0 spiro atoms. The fraction of sp³-hybridized carbons (Fsp3) is 0.800. The summed E-state index contributed by atoms with van der Waals surface area (Å²) < 4.78 is 2.21. The van der Waals surface area contributed by atoms with E-state index in [1.54, 1.807) is 0 Å². The molecule has 1 unspecified atom stereocenters. The Hall–Kier alpha value is -0.990. The number of nitrogens with zero attached hydrogens (tertiary/aromatic N) is 2. The van der Waals surface area contributed by atoms with E-state index < -0.39 is 0 Å². The molecule has 1 N–H and O–H groups in total. The van der Waals surface area contributed by atoms with E-state index in [0.29, 0.717) is 12.0 Å². The van der Waals surface area contributed by atoms with Crippen molar-refractivity contribution in [2.75, 3.05) is 5.32 Å². The van der Waals surface area contributed by atoms with Gasteiger partial charge in [-0.05, 0) is 25.2 Å². The van der Waals surface area contributed by atoms with Crippen LogP contribution >= 0.6 is 0 Å². The van der Waals surface area contributed by atoms with Crippen LogP contribution in [0.5, 0.6) is 0 Å². The largest absolute Gasteiger partial charge is 0.353 e. The molecule has 1 atom stereocenters. The maximum absolute atomic E-state index is 4.40. The minimum Gasteiger partial charge on any atom is -0.353 e. The predicted molar refractivity (Wildman–Crippen MR) is 78.8 cm³/mol. The van der Waals surface area contributed by atoms with E-state index in [4.69, 9.17) is 0 Å².